The van der Waals surface area contributed by atoms with Crippen LogP contribution < -0.4 is 9.47 Å². The molecule has 2 aromatic rings. The Bertz CT molecular complexity index is 882. The maximum atomic E-state index is 12.9. The van der Waals surface area contributed by atoms with Crippen LogP contribution in [0.15, 0.2) is 36.4 Å². The highest BCUT2D eigenvalue weighted by Crippen LogP contribution is 2.31. The molecule has 0 unspecified atom stereocenters. The molecule has 0 spiro atoms. The Morgan fingerprint density at radius 2 is 1.60 bits per heavy atom. The number of hydrogen-bond acceptors (Lipinski definition) is 4. The summed E-state index contributed by atoms with van der Waals surface area (Å²) in [6, 6.07) is 8.78. The number of hydrogen-bond donors (Lipinski definition) is 0. The van der Waals surface area contributed by atoms with Crippen molar-refractivity contribution >= 4 is 5.91 Å². The molecule has 1 aliphatic heterocycles. The third kappa shape index (κ3) is 4.87. The van der Waals surface area contributed by atoms with Gasteiger partial charge < -0.3 is 14.4 Å². The molecule has 0 atom stereocenters. The minimum Gasteiger partial charge on any atom is -0.496 e. The zero-order valence-electron chi connectivity index (χ0n) is 17.3. The Kier molecular flexibility index (Phi) is 6.55. The highest BCUT2D eigenvalue weighted by atomic mass is 19.4. The summed E-state index contributed by atoms with van der Waals surface area (Å²) in [4.78, 5) is 16.7. The van der Waals surface area contributed by atoms with E-state index in [1.165, 1.54) is 12.1 Å². The summed E-state index contributed by atoms with van der Waals surface area (Å²) >= 11 is 0. The van der Waals surface area contributed by atoms with E-state index < -0.39 is 11.7 Å². The standard InChI is InChI=1S/C22H25F3N2O3/c1-15-19(29-2)12-17(13-20(15)30-3)21(28)27-9-7-26(8-10-27)14-16-5-4-6-18(11-16)22(23,24)25/h4-6,11-13H,7-10,14H2,1-3H3. The second-order valence-electron chi connectivity index (χ2n) is 7.27. The minimum absolute atomic E-state index is 0.120. The van der Waals surface area contributed by atoms with E-state index in [1.54, 1.807) is 37.3 Å². The molecular formula is C22H25F3N2O3. The van der Waals surface area contributed by atoms with Crippen molar-refractivity contribution in [2.45, 2.75) is 19.6 Å². The van der Waals surface area contributed by atoms with Crippen LogP contribution in [0, 0.1) is 6.92 Å². The van der Waals surface area contributed by atoms with Crippen LogP contribution in [0.4, 0.5) is 13.2 Å². The van der Waals surface area contributed by atoms with E-state index in [2.05, 4.69) is 4.90 Å². The molecule has 3 rings (SSSR count). The smallest absolute Gasteiger partial charge is 0.416 e. The quantitative estimate of drug-likeness (QED) is 0.731. The topological polar surface area (TPSA) is 42.0 Å². The average Bonchev–Trinajstić information content (AvgIpc) is 2.73. The Morgan fingerprint density at radius 3 is 2.13 bits per heavy atom. The summed E-state index contributed by atoms with van der Waals surface area (Å²) in [7, 11) is 3.09. The van der Waals surface area contributed by atoms with Crippen molar-refractivity contribution in [3.63, 3.8) is 0 Å². The molecule has 0 N–H and O–H groups in total. The minimum atomic E-state index is -4.35. The fraction of sp³-hybridized carbons (Fsp3) is 0.409. The lowest BCUT2D eigenvalue weighted by molar-refractivity contribution is -0.137. The Balaban J connectivity index is 1.64. The monoisotopic (exact) mass is 422 g/mol. The zero-order valence-corrected chi connectivity index (χ0v) is 17.3. The van der Waals surface area contributed by atoms with Gasteiger partial charge in [-0.05, 0) is 30.7 Å². The number of methoxy groups -OCH3 is 2. The summed E-state index contributed by atoms with van der Waals surface area (Å²) in [6.45, 7) is 4.44. The molecular weight excluding hydrogens is 397 g/mol. The number of piperazine rings is 1. The summed E-state index contributed by atoms with van der Waals surface area (Å²) in [6.07, 6.45) is -4.35. The van der Waals surface area contributed by atoms with Crippen LogP contribution in [-0.2, 0) is 12.7 Å². The SMILES string of the molecule is COc1cc(C(=O)N2CCN(Cc3cccc(C(F)(F)F)c3)CC2)cc(OC)c1C. The maximum Gasteiger partial charge on any atom is 0.416 e. The lowest BCUT2D eigenvalue weighted by Gasteiger charge is -2.35. The summed E-state index contributed by atoms with van der Waals surface area (Å²) in [5.74, 6) is 1.05. The summed E-state index contributed by atoms with van der Waals surface area (Å²) < 4.78 is 49.4. The van der Waals surface area contributed by atoms with Gasteiger partial charge in [-0.15, -0.1) is 0 Å². The number of amides is 1. The third-order valence-corrected chi connectivity index (χ3v) is 5.32. The normalized spacial score (nSPS) is 15.2. The summed E-state index contributed by atoms with van der Waals surface area (Å²) in [5.41, 5.74) is 1.27. The van der Waals surface area contributed by atoms with Crippen LogP contribution in [-0.4, -0.2) is 56.1 Å². The van der Waals surface area contributed by atoms with Crippen LogP contribution in [0.1, 0.15) is 27.0 Å². The van der Waals surface area contributed by atoms with E-state index in [9.17, 15) is 18.0 Å². The number of rotatable bonds is 5. The second-order valence-corrected chi connectivity index (χ2v) is 7.27. The number of ether oxygens (including phenoxy) is 2. The predicted octanol–water partition coefficient (Wildman–Crippen LogP) is 3.99. The lowest BCUT2D eigenvalue weighted by atomic mass is 10.1. The first kappa shape index (κ1) is 22.0. The van der Waals surface area contributed by atoms with E-state index in [-0.39, 0.29) is 5.91 Å². The summed E-state index contributed by atoms with van der Waals surface area (Å²) in [5, 5.41) is 0. The van der Waals surface area contributed by atoms with Gasteiger partial charge >= 0.3 is 6.18 Å². The molecule has 1 amide bonds. The molecule has 0 aliphatic carbocycles. The highest BCUT2D eigenvalue weighted by Gasteiger charge is 2.30. The second kappa shape index (κ2) is 8.95. The molecule has 1 aliphatic rings. The van der Waals surface area contributed by atoms with Gasteiger partial charge in [-0.25, -0.2) is 0 Å². The Morgan fingerprint density at radius 1 is 1.00 bits per heavy atom. The van der Waals surface area contributed by atoms with E-state index >= 15 is 0 Å². The van der Waals surface area contributed by atoms with Crippen molar-refractivity contribution in [1.29, 1.82) is 0 Å². The number of alkyl halides is 3. The van der Waals surface area contributed by atoms with Crippen molar-refractivity contribution in [1.82, 2.24) is 9.80 Å². The molecule has 0 aromatic heterocycles. The number of carbonyl (C=O) groups is 1. The Hall–Kier alpha value is -2.74. The molecule has 1 fully saturated rings. The molecule has 1 saturated heterocycles. The number of carbonyl (C=O) groups excluding carboxylic acids is 1. The van der Waals surface area contributed by atoms with Crippen molar-refractivity contribution < 1.29 is 27.4 Å². The molecule has 30 heavy (non-hydrogen) atoms. The van der Waals surface area contributed by atoms with Crippen LogP contribution in [0.25, 0.3) is 0 Å². The molecule has 8 heteroatoms. The molecule has 0 saturated carbocycles. The largest absolute Gasteiger partial charge is 0.496 e. The van der Waals surface area contributed by atoms with Gasteiger partial charge in [0, 0.05) is 43.9 Å². The lowest BCUT2D eigenvalue weighted by Crippen LogP contribution is -2.48. The van der Waals surface area contributed by atoms with Gasteiger partial charge in [0.15, 0.2) is 0 Å². The number of benzene rings is 2. The fourth-order valence-corrected chi connectivity index (χ4v) is 3.61. The van der Waals surface area contributed by atoms with Crippen LogP contribution in [0.3, 0.4) is 0 Å². The van der Waals surface area contributed by atoms with Gasteiger partial charge in [-0.2, -0.15) is 13.2 Å². The molecule has 162 valence electrons. The third-order valence-electron chi connectivity index (χ3n) is 5.32. The van der Waals surface area contributed by atoms with Crippen molar-refractivity contribution in [3.8, 4) is 11.5 Å². The predicted molar refractivity (Wildman–Crippen MR) is 107 cm³/mol. The molecule has 5 nitrogen and oxygen atoms in total. The number of nitrogens with zero attached hydrogens (tertiary/aromatic N) is 2. The first-order valence-corrected chi connectivity index (χ1v) is 9.63. The fourth-order valence-electron chi connectivity index (χ4n) is 3.61. The van der Waals surface area contributed by atoms with E-state index in [4.69, 9.17) is 9.47 Å². The van der Waals surface area contributed by atoms with Gasteiger partial charge in [0.05, 0.1) is 19.8 Å². The zero-order chi connectivity index (χ0) is 21.9. The molecule has 2 aromatic carbocycles. The van der Waals surface area contributed by atoms with E-state index in [0.29, 0.717) is 55.3 Å². The van der Waals surface area contributed by atoms with Crippen molar-refractivity contribution in [2.24, 2.45) is 0 Å². The van der Waals surface area contributed by atoms with Crippen molar-refractivity contribution in [3.05, 3.63) is 58.7 Å². The first-order chi connectivity index (χ1) is 14.2. The van der Waals surface area contributed by atoms with Crippen LogP contribution in [0.5, 0.6) is 11.5 Å². The maximum absolute atomic E-state index is 12.9. The van der Waals surface area contributed by atoms with Crippen LogP contribution in [0.2, 0.25) is 0 Å². The first-order valence-electron chi connectivity index (χ1n) is 9.63. The molecule has 1 heterocycles. The van der Waals surface area contributed by atoms with Gasteiger partial charge in [-0.1, -0.05) is 18.2 Å². The van der Waals surface area contributed by atoms with Crippen molar-refractivity contribution in [2.75, 3.05) is 40.4 Å². The van der Waals surface area contributed by atoms with Gasteiger partial charge in [0.2, 0.25) is 0 Å². The van der Waals surface area contributed by atoms with Crippen LogP contribution >= 0.6 is 0 Å². The van der Waals surface area contributed by atoms with E-state index in [1.807, 2.05) is 6.92 Å². The van der Waals surface area contributed by atoms with Gasteiger partial charge in [0.1, 0.15) is 11.5 Å². The van der Waals surface area contributed by atoms with Gasteiger partial charge in [0.25, 0.3) is 5.91 Å². The number of halogens is 3. The Labute approximate surface area is 174 Å². The average molecular weight is 422 g/mol. The van der Waals surface area contributed by atoms with Gasteiger partial charge in [-0.3, -0.25) is 9.69 Å². The van der Waals surface area contributed by atoms with E-state index in [0.717, 1.165) is 11.6 Å². The molecule has 0 radical (unpaired) electrons. The molecule has 0 bridgehead atoms. The highest BCUT2D eigenvalue weighted by molar-refractivity contribution is 5.95.